The fourth-order valence-electron chi connectivity index (χ4n) is 1.60. The van der Waals surface area contributed by atoms with Gasteiger partial charge < -0.3 is 9.84 Å². The van der Waals surface area contributed by atoms with E-state index in [0.717, 1.165) is 5.56 Å². The fraction of sp³-hybridized carbons (Fsp3) is 0.167. The van der Waals surface area contributed by atoms with Gasteiger partial charge in [-0.25, -0.2) is 18.4 Å². The summed E-state index contributed by atoms with van der Waals surface area (Å²) in [6.45, 7) is 0.387. The van der Waals surface area contributed by atoms with Gasteiger partial charge in [0.1, 0.15) is 6.26 Å². The zero-order valence-electron chi connectivity index (χ0n) is 10.9. The highest BCUT2D eigenvalue weighted by Gasteiger charge is 2.07. The largest absolute Gasteiger partial charge is 0.363 e. The first-order chi connectivity index (χ1) is 9.95. The van der Waals surface area contributed by atoms with Crippen molar-refractivity contribution in [2.45, 2.75) is 11.3 Å². The third-order valence-electron chi connectivity index (χ3n) is 2.63. The van der Waals surface area contributed by atoms with Crippen LogP contribution in [0.3, 0.4) is 0 Å². The first kappa shape index (κ1) is 15.0. The fourth-order valence-corrected chi connectivity index (χ4v) is 2.12. The van der Waals surface area contributed by atoms with Gasteiger partial charge >= 0.3 is 6.03 Å². The number of carbonyl (C=O) groups excluding carboxylic acids is 1. The summed E-state index contributed by atoms with van der Waals surface area (Å²) in [5.41, 5.74) is 0.879. The second-order valence-electron chi connectivity index (χ2n) is 4.20. The first-order valence-corrected chi connectivity index (χ1v) is 7.57. The number of benzene rings is 1. The molecular weight excluding hydrogens is 296 g/mol. The molecule has 0 aliphatic heterocycles. The quantitative estimate of drug-likeness (QED) is 0.748. The lowest BCUT2D eigenvalue weighted by molar-refractivity contribution is 0.252. The number of carbonyl (C=O) groups is 1. The highest BCUT2D eigenvalue weighted by atomic mass is 32.2. The Labute approximate surface area is 121 Å². The minimum atomic E-state index is -3.68. The molecule has 0 aliphatic rings. The summed E-state index contributed by atoms with van der Waals surface area (Å²) in [5, 5.41) is 13.7. The Kier molecular flexibility index (Phi) is 4.55. The van der Waals surface area contributed by atoms with E-state index in [2.05, 4.69) is 20.3 Å². The van der Waals surface area contributed by atoms with Crippen LogP contribution in [0.1, 0.15) is 5.56 Å². The minimum Gasteiger partial charge on any atom is -0.363 e. The van der Waals surface area contributed by atoms with Gasteiger partial charge in [0, 0.05) is 12.6 Å². The van der Waals surface area contributed by atoms with Crippen molar-refractivity contribution in [2.24, 2.45) is 5.14 Å². The molecule has 0 bridgehead atoms. The third kappa shape index (κ3) is 4.58. The number of primary sulfonamides is 1. The molecule has 8 nitrogen and oxygen atoms in total. The van der Waals surface area contributed by atoms with Crippen LogP contribution in [0.4, 0.5) is 10.6 Å². The second-order valence-corrected chi connectivity index (χ2v) is 5.77. The van der Waals surface area contributed by atoms with Gasteiger partial charge in [0.05, 0.1) is 4.90 Å². The van der Waals surface area contributed by atoms with Gasteiger partial charge in [0.15, 0.2) is 5.82 Å². The van der Waals surface area contributed by atoms with E-state index in [9.17, 15) is 13.2 Å². The van der Waals surface area contributed by atoms with Crippen molar-refractivity contribution in [1.29, 1.82) is 0 Å². The van der Waals surface area contributed by atoms with E-state index in [0.29, 0.717) is 18.8 Å². The second kappa shape index (κ2) is 6.37. The molecule has 1 aromatic carbocycles. The molecule has 0 saturated heterocycles. The number of aromatic nitrogens is 1. The summed E-state index contributed by atoms with van der Waals surface area (Å²) >= 11 is 0. The lowest BCUT2D eigenvalue weighted by atomic mass is 10.1. The number of hydrogen-bond acceptors (Lipinski definition) is 5. The number of hydrogen-bond donors (Lipinski definition) is 3. The van der Waals surface area contributed by atoms with Crippen molar-refractivity contribution in [2.75, 3.05) is 11.9 Å². The number of anilines is 1. The van der Waals surface area contributed by atoms with Crippen molar-refractivity contribution in [3.05, 3.63) is 42.2 Å². The predicted molar refractivity (Wildman–Crippen MR) is 75.0 cm³/mol. The van der Waals surface area contributed by atoms with Crippen LogP contribution in [0.2, 0.25) is 0 Å². The van der Waals surface area contributed by atoms with E-state index in [1.807, 2.05) is 0 Å². The molecule has 4 N–H and O–H groups in total. The minimum absolute atomic E-state index is 0.0583. The SMILES string of the molecule is NS(=O)(=O)c1ccc(CCNC(=O)Nc2ccon2)cc1. The number of nitrogens with two attached hydrogens (primary N) is 1. The van der Waals surface area contributed by atoms with Gasteiger partial charge in [-0.3, -0.25) is 5.32 Å². The molecule has 2 aromatic rings. The lowest BCUT2D eigenvalue weighted by Crippen LogP contribution is -2.30. The van der Waals surface area contributed by atoms with Crippen molar-refractivity contribution in [3.8, 4) is 0 Å². The summed E-state index contributed by atoms with van der Waals surface area (Å²) in [6.07, 6.45) is 1.90. The van der Waals surface area contributed by atoms with Crippen molar-refractivity contribution in [1.82, 2.24) is 10.5 Å². The van der Waals surface area contributed by atoms with Gasteiger partial charge in [-0.05, 0) is 24.1 Å². The van der Waals surface area contributed by atoms with Crippen LogP contribution in [-0.4, -0.2) is 26.2 Å². The molecule has 0 fully saturated rings. The van der Waals surface area contributed by atoms with Gasteiger partial charge in [-0.15, -0.1) is 0 Å². The molecule has 0 spiro atoms. The van der Waals surface area contributed by atoms with E-state index >= 15 is 0 Å². The smallest absolute Gasteiger partial charge is 0.320 e. The average Bonchev–Trinajstić information content (AvgIpc) is 2.91. The number of amides is 2. The Balaban J connectivity index is 1.79. The third-order valence-corrected chi connectivity index (χ3v) is 3.56. The number of sulfonamides is 1. The van der Waals surface area contributed by atoms with E-state index in [-0.39, 0.29) is 4.90 Å². The van der Waals surface area contributed by atoms with Crippen LogP contribution in [-0.2, 0) is 16.4 Å². The van der Waals surface area contributed by atoms with Gasteiger partial charge in [-0.1, -0.05) is 17.3 Å². The Bertz CT molecular complexity index is 695. The summed E-state index contributed by atoms with van der Waals surface area (Å²) < 4.78 is 26.8. The molecule has 0 aliphatic carbocycles. The molecule has 1 aromatic heterocycles. The van der Waals surface area contributed by atoms with Crippen molar-refractivity contribution in [3.63, 3.8) is 0 Å². The summed E-state index contributed by atoms with van der Waals surface area (Å²) in [4.78, 5) is 11.5. The molecular formula is C12H14N4O4S. The molecule has 0 saturated carbocycles. The molecule has 0 atom stereocenters. The Morgan fingerprint density at radius 3 is 2.52 bits per heavy atom. The molecule has 21 heavy (non-hydrogen) atoms. The number of urea groups is 1. The van der Waals surface area contributed by atoms with Crippen LogP contribution >= 0.6 is 0 Å². The maximum atomic E-state index is 11.5. The van der Waals surface area contributed by atoms with E-state index in [4.69, 9.17) is 5.14 Å². The maximum absolute atomic E-state index is 11.5. The van der Waals surface area contributed by atoms with Crippen LogP contribution in [0.5, 0.6) is 0 Å². The number of nitrogens with one attached hydrogen (secondary N) is 2. The van der Waals surface area contributed by atoms with Gasteiger partial charge in [0.2, 0.25) is 10.0 Å². The lowest BCUT2D eigenvalue weighted by Gasteiger charge is -2.06. The summed E-state index contributed by atoms with van der Waals surface area (Å²) in [5.74, 6) is 0.324. The maximum Gasteiger partial charge on any atom is 0.320 e. The number of rotatable bonds is 5. The average molecular weight is 310 g/mol. The number of nitrogens with zero attached hydrogens (tertiary/aromatic N) is 1. The van der Waals surface area contributed by atoms with Gasteiger partial charge in [-0.2, -0.15) is 0 Å². The predicted octanol–water partition coefficient (Wildman–Crippen LogP) is 0.686. The Morgan fingerprint density at radius 2 is 1.95 bits per heavy atom. The molecule has 0 radical (unpaired) electrons. The van der Waals surface area contributed by atoms with Gasteiger partial charge in [0.25, 0.3) is 0 Å². The molecule has 112 valence electrons. The Morgan fingerprint density at radius 1 is 1.24 bits per heavy atom. The Hall–Kier alpha value is -2.39. The van der Waals surface area contributed by atoms with E-state index in [1.54, 1.807) is 12.1 Å². The standard InChI is InChI=1S/C12H14N4O4S/c13-21(18,19)10-3-1-9(2-4-10)5-7-14-12(17)15-11-6-8-20-16-11/h1-4,6,8H,5,7H2,(H2,13,18,19)(H2,14,15,16,17). The highest BCUT2D eigenvalue weighted by Crippen LogP contribution is 2.09. The zero-order chi connectivity index (χ0) is 15.3. The molecule has 2 amide bonds. The normalized spacial score (nSPS) is 11.1. The summed E-state index contributed by atoms with van der Waals surface area (Å²) in [6, 6.07) is 7.28. The van der Waals surface area contributed by atoms with Crippen LogP contribution in [0, 0.1) is 0 Å². The van der Waals surface area contributed by atoms with E-state index in [1.165, 1.54) is 24.5 Å². The monoisotopic (exact) mass is 310 g/mol. The first-order valence-electron chi connectivity index (χ1n) is 6.02. The van der Waals surface area contributed by atoms with Crippen LogP contribution in [0.25, 0.3) is 0 Å². The molecule has 1 heterocycles. The van der Waals surface area contributed by atoms with E-state index < -0.39 is 16.1 Å². The topological polar surface area (TPSA) is 127 Å². The molecule has 2 rings (SSSR count). The molecule has 0 unspecified atom stereocenters. The van der Waals surface area contributed by atoms with Crippen LogP contribution < -0.4 is 15.8 Å². The van der Waals surface area contributed by atoms with Crippen LogP contribution in [0.15, 0.2) is 46.0 Å². The van der Waals surface area contributed by atoms with Crippen molar-refractivity contribution < 1.29 is 17.7 Å². The van der Waals surface area contributed by atoms with Crippen molar-refractivity contribution >= 4 is 21.9 Å². The molecule has 9 heteroatoms. The highest BCUT2D eigenvalue weighted by molar-refractivity contribution is 7.89. The summed E-state index contributed by atoms with van der Waals surface area (Å²) in [7, 11) is -3.68. The zero-order valence-corrected chi connectivity index (χ0v) is 11.8.